The number of amidine groups is 1. The average Bonchev–Trinajstić information content (AvgIpc) is 1.82. The van der Waals surface area contributed by atoms with Gasteiger partial charge in [-0.1, -0.05) is 20.8 Å². The Morgan fingerprint density at radius 3 is 2.15 bits per heavy atom. The van der Waals surface area contributed by atoms with Crippen molar-refractivity contribution in [2.45, 2.75) is 45.3 Å². The van der Waals surface area contributed by atoms with E-state index in [1.54, 1.807) is 0 Å². The highest BCUT2D eigenvalue weighted by Gasteiger charge is 2.36. The molecule has 0 aliphatic rings. The molecule has 0 aromatic heterocycles. The van der Waals surface area contributed by atoms with Crippen molar-refractivity contribution in [2.24, 2.45) is 5.73 Å². The van der Waals surface area contributed by atoms with Gasteiger partial charge in [-0.15, -0.1) is 0 Å². The first-order valence-corrected chi connectivity index (χ1v) is 7.54. The first-order valence-electron chi connectivity index (χ1n) is 4.64. The molecular formula is C9H22N2OSi. The quantitative estimate of drug-likeness (QED) is 0.417. The second-order valence-corrected chi connectivity index (χ2v) is 9.69. The lowest BCUT2D eigenvalue weighted by Gasteiger charge is -2.36. The Balaban J connectivity index is 3.97. The van der Waals surface area contributed by atoms with Crippen molar-refractivity contribution in [2.75, 3.05) is 6.61 Å². The molecule has 3 N–H and O–H groups in total. The zero-order valence-corrected chi connectivity index (χ0v) is 10.4. The predicted octanol–water partition coefficient (Wildman–Crippen LogP) is 2.33. The minimum Gasteiger partial charge on any atom is -0.416 e. The van der Waals surface area contributed by atoms with Crippen LogP contribution in [0.4, 0.5) is 0 Å². The van der Waals surface area contributed by atoms with Crippen molar-refractivity contribution in [1.82, 2.24) is 0 Å². The van der Waals surface area contributed by atoms with Gasteiger partial charge in [0.1, 0.15) is 0 Å². The number of nitrogens with two attached hydrogens (primary N) is 1. The minimum absolute atomic E-state index is 0.207. The van der Waals surface area contributed by atoms with Gasteiger partial charge in [-0.2, -0.15) is 0 Å². The molecule has 0 unspecified atom stereocenters. The molecule has 0 aromatic rings. The summed E-state index contributed by atoms with van der Waals surface area (Å²) in [6.45, 7) is 11.6. The summed E-state index contributed by atoms with van der Waals surface area (Å²) in [5.41, 5.74) is 5.25. The molecule has 4 heteroatoms. The Labute approximate surface area is 82.3 Å². The summed E-state index contributed by atoms with van der Waals surface area (Å²) in [5, 5.41) is 7.31. The molecule has 78 valence electrons. The van der Waals surface area contributed by atoms with Crippen molar-refractivity contribution >= 4 is 14.2 Å². The van der Waals surface area contributed by atoms with Gasteiger partial charge in [-0.05, 0) is 18.1 Å². The summed E-state index contributed by atoms with van der Waals surface area (Å²) in [7, 11) is -1.62. The number of nitrogens with one attached hydrogen (secondary N) is 1. The van der Waals surface area contributed by atoms with Gasteiger partial charge in [-0.25, -0.2) is 0 Å². The molecule has 0 rings (SSSR count). The summed E-state index contributed by atoms with van der Waals surface area (Å²) in [6, 6.07) is 0. The van der Waals surface area contributed by atoms with Crippen LogP contribution in [0.15, 0.2) is 0 Å². The summed E-state index contributed by atoms with van der Waals surface area (Å²) in [5.74, 6) is 0.207. The zero-order valence-electron chi connectivity index (χ0n) is 9.40. The molecule has 0 fully saturated rings. The molecule has 0 atom stereocenters. The summed E-state index contributed by atoms with van der Waals surface area (Å²) in [4.78, 5) is 0. The number of hydrogen-bond donors (Lipinski definition) is 2. The van der Waals surface area contributed by atoms with Crippen molar-refractivity contribution in [3.05, 3.63) is 0 Å². The molecular weight excluding hydrogens is 180 g/mol. The highest BCUT2D eigenvalue weighted by Crippen LogP contribution is 2.36. The molecule has 0 radical (unpaired) electrons. The molecule has 0 amide bonds. The molecule has 3 nitrogen and oxygen atoms in total. The first kappa shape index (κ1) is 12.6. The lowest BCUT2D eigenvalue weighted by atomic mass is 10.2. The van der Waals surface area contributed by atoms with Crippen molar-refractivity contribution in [1.29, 1.82) is 5.41 Å². The molecule has 0 aliphatic heterocycles. The van der Waals surface area contributed by atoms with Crippen molar-refractivity contribution < 1.29 is 4.43 Å². The minimum atomic E-state index is -1.62. The van der Waals surface area contributed by atoms with Gasteiger partial charge in [0.15, 0.2) is 8.32 Å². The third-order valence-corrected chi connectivity index (χ3v) is 7.18. The normalized spacial score (nSPS) is 13.0. The van der Waals surface area contributed by atoms with E-state index in [9.17, 15) is 0 Å². The topological polar surface area (TPSA) is 59.1 Å². The Morgan fingerprint density at radius 1 is 1.38 bits per heavy atom. The Hall–Kier alpha value is -0.353. The Kier molecular flexibility index (Phi) is 4.12. The molecule has 0 heterocycles. The van der Waals surface area contributed by atoms with Crippen LogP contribution in [0.1, 0.15) is 27.2 Å². The van der Waals surface area contributed by atoms with Crippen LogP contribution in [0.3, 0.4) is 0 Å². The Bertz CT molecular complexity index is 185. The lowest BCUT2D eigenvalue weighted by Crippen LogP contribution is -2.41. The second kappa shape index (κ2) is 4.24. The van der Waals surface area contributed by atoms with E-state index in [2.05, 4.69) is 33.9 Å². The van der Waals surface area contributed by atoms with E-state index in [4.69, 9.17) is 15.6 Å². The van der Waals surface area contributed by atoms with E-state index in [0.717, 1.165) is 0 Å². The van der Waals surface area contributed by atoms with Crippen LogP contribution in [0.2, 0.25) is 18.1 Å². The first-order chi connectivity index (χ1) is 5.67. The molecule has 0 aromatic carbocycles. The van der Waals surface area contributed by atoms with E-state index >= 15 is 0 Å². The lowest BCUT2D eigenvalue weighted by molar-refractivity contribution is 0.298. The van der Waals surface area contributed by atoms with Gasteiger partial charge in [0.2, 0.25) is 0 Å². The van der Waals surface area contributed by atoms with Gasteiger partial charge in [0.05, 0.1) is 5.84 Å². The SMILES string of the molecule is CC(C)(C)[Si](C)(C)OCCC(=N)N. The van der Waals surface area contributed by atoms with E-state index < -0.39 is 8.32 Å². The maximum absolute atomic E-state index is 7.07. The number of rotatable bonds is 4. The Morgan fingerprint density at radius 2 is 1.85 bits per heavy atom. The van der Waals surface area contributed by atoms with Gasteiger partial charge in [0.25, 0.3) is 0 Å². The largest absolute Gasteiger partial charge is 0.416 e. The molecule has 0 saturated carbocycles. The fourth-order valence-corrected chi connectivity index (χ4v) is 1.68. The summed E-state index contributed by atoms with van der Waals surface area (Å²) < 4.78 is 5.82. The number of hydrogen-bond acceptors (Lipinski definition) is 2. The van der Waals surface area contributed by atoms with Crippen LogP contribution in [0, 0.1) is 5.41 Å². The molecule has 0 aliphatic carbocycles. The zero-order chi connectivity index (χ0) is 10.7. The fourth-order valence-electron chi connectivity index (χ4n) is 0.633. The highest BCUT2D eigenvalue weighted by atomic mass is 28.4. The molecule has 0 bridgehead atoms. The standard InChI is InChI=1S/C9H22N2OSi/c1-9(2,3)13(4,5)12-7-6-8(10)11/h6-7H2,1-5H3,(H3,10,11). The van der Waals surface area contributed by atoms with Gasteiger partial charge in [-0.3, -0.25) is 5.41 Å². The molecule has 13 heavy (non-hydrogen) atoms. The van der Waals surface area contributed by atoms with Crippen LogP contribution in [-0.2, 0) is 4.43 Å². The average molecular weight is 202 g/mol. The van der Waals surface area contributed by atoms with Crippen LogP contribution in [0.25, 0.3) is 0 Å². The molecule has 0 spiro atoms. The summed E-state index contributed by atoms with van der Waals surface area (Å²) >= 11 is 0. The van der Waals surface area contributed by atoms with Gasteiger partial charge < -0.3 is 10.2 Å². The van der Waals surface area contributed by atoms with Crippen molar-refractivity contribution in [3.8, 4) is 0 Å². The van der Waals surface area contributed by atoms with E-state index in [0.29, 0.717) is 13.0 Å². The van der Waals surface area contributed by atoms with Crippen LogP contribution in [0.5, 0.6) is 0 Å². The fraction of sp³-hybridized carbons (Fsp3) is 0.889. The van der Waals surface area contributed by atoms with E-state index in [1.165, 1.54) is 0 Å². The molecule has 0 saturated heterocycles. The predicted molar refractivity (Wildman–Crippen MR) is 59.7 cm³/mol. The van der Waals surface area contributed by atoms with Crippen LogP contribution >= 0.6 is 0 Å². The van der Waals surface area contributed by atoms with Gasteiger partial charge in [0, 0.05) is 13.0 Å². The van der Waals surface area contributed by atoms with Crippen LogP contribution in [-0.4, -0.2) is 20.8 Å². The van der Waals surface area contributed by atoms with Crippen LogP contribution < -0.4 is 5.73 Å². The van der Waals surface area contributed by atoms with Crippen molar-refractivity contribution in [3.63, 3.8) is 0 Å². The van der Waals surface area contributed by atoms with Gasteiger partial charge >= 0.3 is 0 Å². The maximum Gasteiger partial charge on any atom is 0.191 e. The highest BCUT2D eigenvalue weighted by molar-refractivity contribution is 6.74. The second-order valence-electron chi connectivity index (χ2n) is 4.88. The third-order valence-electron chi connectivity index (χ3n) is 2.64. The smallest absolute Gasteiger partial charge is 0.191 e. The van der Waals surface area contributed by atoms with E-state index in [1.807, 2.05) is 0 Å². The monoisotopic (exact) mass is 202 g/mol. The maximum atomic E-state index is 7.07. The van der Waals surface area contributed by atoms with E-state index in [-0.39, 0.29) is 10.9 Å². The third kappa shape index (κ3) is 4.43. The summed E-state index contributed by atoms with van der Waals surface area (Å²) in [6.07, 6.45) is 0.548.